The van der Waals surface area contributed by atoms with Crippen molar-refractivity contribution in [3.63, 3.8) is 0 Å². The van der Waals surface area contributed by atoms with Crippen molar-refractivity contribution < 1.29 is 42.5 Å². The van der Waals surface area contributed by atoms with Crippen LogP contribution in [0.5, 0.6) is 0 Å². The van der Waals surface area contributed by atoms with Crippen LogP contribution in [0.4, 0.5) is 0 Å². The van der Waals surface area contributed by atoms with Crippen LogP contribution in [0.25, 0.3) is 0 Å². The summed E-state index contributed by atoms with van der Waals surface area (Å²) in [5, 5.41) is 12.3. The maximum Gasteiger partial charge on any atom is 0.382 e. The van der Waals surface area contributed by atoms with Crippen LogP contribution in [-0.2, 0) is 37.4 Å². The van der Waals surface area contributed by atoms with Gasteiger partial charge in [-0.05, 0) is 39.0 Å². The van der Waals surface area contributed by atoms with Crippen LogP contribution in [0.1, 0.15) is 67.7 Å². The van der Waals surface area contributed by atoms with Crippen LogP contribution < -0.4 is 5.32 Å². The zero-order valence-electron chi connectivity index (χ0n) is 21.3. The Kier molecular flexibility index (Phi) is 12.6. The summed E-state index contributed by atoms with van der Waals surface area (Å²) < 4.78 is 40.7. The molecule has 1 heterocycles. The van der Waals surface area contributed by atoms with Gasteiger partial charge in [-0.1, -0.05) is 34.1 Å². The highest BCUT2D eigenvalue weighted by Crippen LogP contribution is 2.58. The monoisotopic (exact) mass is 525 g/mol. The lowest BCUT2D eigenvalue weighted by Crippen LogP contribution is -2.41. The Balaban J connectivity index is 3.01. The molecular weight excluding hydrogens is 485 g/mol. The van der Waals surface area contributed by atoms with Gasteiger partial charge in [-0.2, -0.15) is 0 Å². The summed E-state index contributed by atoms with van der Waals surface area (Å²) in [6.45, 7) is 12.4. The van der Waals surface area contributed by atoms with Gasteiger partial charge >= 0.3 is 19.5 Å². The Morgan fingerprint density at radius 3 is 2.29 bits per heavy atom. The highest BCUT2D eigenvalue weighted by molar-refractivity contribution is 8.03. The zero-order valence-corrected chi connectivity index (χ0v) is 23.0. The quantitative estimate of drug-likeness (QED) is 0.139. The van der Waals surface area contributed by atoms with Gasteiger partial charge in [0.2, 0.25) is 6.79 Å². The molecule has 198 valence electrons. The number of carboxylic acids is 1. The van der Waals surface area contributed by atoms with E-state index in [-0.39, 0.29) is 23.4 Å². The summed E-state index contributed by atoms with van der Waals surface area (Å²) in [4.78, 5) is 24.4. The van der Waals surface area contributed by atoms with E-state index in [4.69, 9.17) is 23.3 Å². The fourth-order valence-electron chi connectivity index (χ4n) is 2.51. The summed E-state index contributed by atoms with van der Waals surface area (Å²) >= 11 is 1.30. The standard InChI is InChI=1S/C22H40NO9PS/c1-8-9-10-17-18(23-16(11-34-17)19(24)25)33(27,32-15-30-20(26)22(5,6)7)31-14-29-13-28-12-21(2,3)4/h16,23H,8-15H2,1-7H3,(H,24,25)/t16-,33?/m0/s1. The second-order valence-electron chi connectivity index (χ2n) is 10.1. The lowest BCUT2D eigenvalue weighted by atomic mass is 9.98. The van der Waals surface area contributed by atoms with Gasteiger partial charge in [-0.25, -0.2) is 4.79 Å². The number of unbranched alkanes of at least 4 members (excludes halogenated alkanes) is 1. The molecule has 34 heavy (non-hydrogen) atoms. The molecule has 12 heteroatoms. The fraction of sp³-hybridized carbons (Fsp3) is 0.818. The number of hydrogen-bond acceptors (Lipinski definition) is 10. The van der Waals surface area contributed by atoms with E-state index in [9.17, 15) is 19.3 Å². The van der Waals surface area contributed by atoms with Crippen LogP contribution in [0.3, 0.4) is 0 Å². The SMILES string of the molecule is CCCCC1=C(P(=O)(OCOCOCC(C)(C)C)OCOC(=O)C(C)(C)C)N[C@H](C(=O)O)CS1. The van der Waals surface area contributed by atoms with Gasteiger partial charge in [0.25, 0.3) is 0 Å². The van der Waals surface area contributed by atoms with Crippen LogP contribution in [-0.4, -0.2) is 55.8 Å². The van der Waals surface area contributed by atoms with Gasteiger partial charge in [0.1, 0.15) is 18.3 Å². The molecular formula is C22H40NO9PS. The van der Waals surface area contributed by atoms with E-state index >= 15 is 0 Å². The number of aliphatic carboxylic acids is 1. The average Bonchev–Trinajstić information content (AvgIpc) is 2.73. The summed E-state index contributed by atoms with van der Waals surface area (Å²) in [6, 6.07) is -0.973. The Bertz CT molecular complexity index is 758. The normalized spacial score (nSPS) is 18.9. The van der Waals surface area contributed by atoms with E-state index in [0.717, 1.165) is 12.8 Å². The van der Waals surface area contributed by atoms with Crippen LogP contribution in [0.2, 0.25) is 0 Å². The molecule has 1 aliphatic heterocycles. The van der Waals surface area contributed by atoms with Crippen LogP contribution >= 0.6 is 19.4 Å². The van der Waals surface area contributed by atoms with Crippen molar-refractivity contribution in [2.45, 2.75) is 73.8 Å². The number of carbonyl (C=O) groups is 2. The first kappa shape index (κ1) is 30.9. The van der Waals surface area contributed by atoms with Crippen LogP contribution in [0.15, 0.2) is 10.3 Å². The number of rotatable bonds is 14. The number of allylic oxidation sites excluding steroid dienone is 1. The lowest BCUT2D eigenvalue weighted by Gasteiger charge is -2.30. The largest absolute Gasteiger partial charge is 0.480 e. The smallest absolute Gasteiger partial charge is 0.382 e. The predicted molar refractivity (Wildman–Crippen MR) is 130 cm³/mol. The van der Waals surface area contributed by atoms with Gasteiger partial charge in [0.15, 0.2) is 6.79 Å². The van der Waals surface area contributed by atoms with E-state index in [1.165, 1.54) is 11.8 Å². The molecule has 2 atom stereocenters. The van der Waals surface area contributed by atoms with Crippen molar-refractivity contribution >= 4 is 31.3 Å². The number of esters is 1. The van der Waals surface area contributed by atoms with Crippen molar-refractivity contribution in [1.82, 2.24) is 5.32 Å². The molecule has 0 amide bonds. The van der Waals surface area contributed by atoms with Gasteiger partial charge < -0.3 is 24.6 Å². The fourth-order valence-corrected chi connectivity index (χ4v) is 5.59. The molecule has 0 aliphatic carbocycles. The molecule has 0 saturated carbocycles. The average molecular weight is 526 g/mol. The second-order valence-corrected chi connectivity index (χ2v) is 13.2. The molecule has 1 aliphatic rings. The first-order valence-electron chi connectivity index (χ1n) is 11.3. The topological polar surface area (TPSA) is 130 Å². The number of thioether (sulfide) groups is 1. The third kappa shape index (κ3) is 11.1. The number of nitrogens with one attached hydrogen (secondary N) is 1. The minimum Gasteiger partial charge on any atom is -0.480 e. The third-order valence-electron chi connectivity index (χ3n) is 4.36. The van der Waals surface area contributed by atoms with Gasteiger partial charge in [-0.3, -0.25) is 18.4 Å². The zero-order chi connectivity index (χ0) is 26.0. The Morgan fingerprint density at radius 1 is 1.09 bits per heavy atom. The van der Waals surface area contributed by atoms with E-state index in [2.05, 4.69) is 5.32 Å². The highest BCUT2D eigenvalue weighted by atomic mass is 32.2. The first-order valence-corrected chi connectivity index (χ1v) is 13.8. The number of ether oxygens (including phenoxy) is 3. The molecule has 1 unspecified atom stereocenters. The Labute approximate surface area is 207 Å². The molecule has 0 radical (unpaired) electrons. The maximum atomic E-state index is 13.8. The Hall–Kier alpha value is -1.10. The molecule has 1 rings (SSSR count). The van der Waals surface area contributed by atoms with Gasteiger partial charge in [0.05, 0.1) is 12.0 Å². The van der Waals surface area contributed by atoms with E-state index in [1.807, 2.05) is 27.7 Å². The first-order chi connectivity index (χ1) is 15.7. The molecule has 0 aromatic heterocycles. The Morgan fingerprint density at radius 2 is 1.74 bits per heavy atom. The maximum absolute atomic E-state index is 13.8. The predicted octanol–water partition coefficient (Wildman–Crippen LogP) is 4.90. The van der Waals surface area contributed by atoms with Gasteiger partial charge in [0, 0.05) is 10.7 Å². The highest BCUT2D eigenvalue weighted by Gasteiger charge is 2.40. The molecule has 0 fully saturated rings. The molecule has 2 N–H and O–H groups in total. The minimum atomic E-state index is -4.13. The molecule has 0 bridgehead atoms. The molecule has 0 aromatic rings. The van der Waals surface area contributed by atoms with Gasteiger partial charge in [-0.15, -0.1) is 11.8 Å². The summed E-state index contributed by atoms with van der Waals surface area (Å²) in [5.74, 6) is -1.36. The number of carboxylic acid groups (broad SMARTS) is 1. The number of carbonyl (C=O) groups excluding carboxylic acids is 1. The van der Waals surface area contributed by atoms with Crippen molar-refractivity contribution in [2.75, 3.05) is 32.7 Å². The summed E-state index contributed by atoms with van der Waals surface area (Å²) in [6.07, 6.45) is 2.27. The molecule has 0 aromatic carbocycles. The third-order valence-corrected chi connectivity index (χ3v) is 7.61. The van der Waals surface area contributed by atoms with Crippen molar-refractivity contribution in [2.24, 2.45) is 10.8 Å². The number of hydrogen-bond donors (Lipinski definition) is 2. The minimum absolute atomic E-state index is 0.0480. The molecule has 10 nitrogen and oxygen atoms in total. The van der Waals surface area contributed by atoms with Crippen LogP contribution in [0, 0.1) is 10.8 Å². The summed E-state index contributed by atoms with van der Waals surface area (Å²) in [7, 11) is -4.13. The van der Waals surface area contributed by atoms with Crippen molar-refractivity contribution in [3.8, 4) is 0 Å². The molecule has 0 saturated heterocycles. The van der Waals surface area contributed by atoms with E-state index < -0.39 is 44.6 Å². The van der Waals surface area contributed by atoms with Crippen molar-refractivity contribution in [3.05, 3.63) is 10.3 Å². The van der Waals surface area contributed by atoms with Crippen molar-refractivity contribution in [1.29, 1.82) is 0 Å². The summed E-state index contributed by atoms with van der Waals surface area (Å²) in [5.41, 5.74) is -0.760. The van der Waals surface area contributed by atoms with E-state index in [0.29, 0.717) is 17.9 Å². The lowest BCUT2D eigenvalue weighted by molar-refractivity contribution is -0.160. The van der Waals surface area contributed by atoms with E-state index in [1.54, 1.807) is 20.8 Å². The second kappa shape index (κ2) is 13.8. The molecule has 0 spiro atoms.